The molecule has 0 amide bonds. The van der Waals surface area contributed by atoms with Crippen LogP contribution in [-0.2, 0) is 4.74 Å². The summed E-state index contributed by atoms with van der Waals surface area (Å²) in [5.41, 5.74) is -0.0531. The fourth-order valence-corrected chi connectivity index (χ4v) is 1.55. The average Bonchev–Trinajstić information content (AvgIpc) is 2.80. The van der Waals surface area contributed by atoms with Crippen LogP contribution in [0.1, 0.15) is 23.3 Å². The van der Waals surface area contributed by atoms with Gasteiger partial charge in [-0.1, -0.05) is 0 Å². The molecule has 0 spiro atoms. The van der Waals surface area contributed by atoms with Crippen LogP contribution < -0.4 is 5.32 Å². The first-order valence-corrected chi connectivity index (χ1v) is 5.16. The van der Waals surface area contributed by atoms with Crippen molar-refractivity contribution in [2.45, 2.75) is 18.9 Å². The zero-order chi connectivity index (χ0) is 11.4. The molecule has 2 N–H and O–H groups in total. The minimum absolute atomic E-state index is 0.0531. The molecule has 0 saturated carbocycles. The van der Waals surface area contributed by atoms with Crippen LogP contribution in [0.2, 0.25) is 0 Å². The normalized spacial score (nSPS) is 19.6. The number of nitrogens with zero attached hydrogens (tertiary/aromatic N) is 2. The molecule has 1 aliphatic heterocycles. The Labute approximate surface area is 92.7 Å². The molecule has 1 unspecified atom stereocenters. The fourth-order valence-electron chi connectivity index (χ4n) is 1.55. The highest BCUT2D eigenvalue weighted by molar-refractivity contribution is 5.84. The maximum atomic E-state index is 10.5. The van der Waals surface area contributed by atoms with Gasteiger partial charge in [-0.15, -0.1) is 0 Å². The standard InChI is InChI=1S/C10H13N3O3/c14-10(15)8-5-13-9(6-11-8)12-4-7-2-1-3-16-7/h5-7H,1-4H2,(H,12,13)(H,14,15). The lowest BCUT2D eigenvalue weighted by Crippen LogP contribution is -2.19. The summed E-state index contributed by atoms with van der Waals surface area (Å²) in [5, 5.41) is 11.7. The molecule has 0 aromatic carbocycles. The molecule has 1 fully saturated rings. The summed E-state index contributed by atoms with van der Waals surface area (Å²) < 4.78 is 5.43. The number of carbonyl (C=O) groups is 1. The van der Waals surface area contributed by atoms with Crippen LogP contribution in [-0.4, -0.2) is 40.3 Å². The molecule has 16 heavy (non-hydrogen) atoms. The number of rotatable bonds is 4. The maximum Gasteiger partial charge on any atom is 0.356 e. The van der Waals surface area contributed by atoms with E-state index in [0.717, 1.165) is 19.4 Å². The minimum Gasteiger partial charge on any atom is -0.476 e. The van der Waals surface area contributed by atoms with Crippen molar-refractivity contribution < 1.29 is 14.6 Å². The Hall–Kier alpha value is -1.69. The van der Waals surface area contributed by atoms with Gasteiger partial charge in [0.15, 0.2) is 5.69 Å². The number of hydrogen-bond acceptors (Lipinski definition) is 5. The third-order valence-corrected chi connectivity index (χ3v) is 2.41. The molecule has 2 rings (SSSR count). The first-order chi connectivity index (χ1) is 7.75. The Kier molecular flexibility index (Phi) is 3.31. The predicted molar refractivity (Wildman–Crippen MR) is 56.5 cm³/mol. The Morgan fingerprint density at radius 1 is 1.56 bits per heavy atom. The molecular weight excluding hydrogens is 210 g/mol. The second kappa shape index (κ2) is 4.89. The van der Waals surface area contributed by atoms with Crippen molar-refractivity contribution in [3.05, 3.63) is 18.1 Å². The lowest BCUT2D eigenvalue weighted by atomic mass is 10.2. The number of ether oxygens (including phenoxy) is 1. The zero-order valence-corrected chi connectivity index (χ0v) is 8.72. The van der Waals surface area contributed by atoms with E-state index in [0.29, 0.717) is 12.4 Å². The summed E-state index contributed by atoms with van der Waals surface area (Å²) in [6, 6.07) is 0. The van der Waals surface area contributed by atoms with E-state index in [4.69, 9.17) is 9.84 Å². The largest absolute Gasteiger partial charge is 0.476 e. The Bertz CT molecular complexity index is 360. The van der Waals surface area contributed by atoms with Gasteiger partial charge in [0, 0.05) is 13.2 Å². The quantitative estimate of drug-likeness (QED) is 0.784. The zero-order valence-electron chi connectivity index (χ0n) is 8.72. The Morgan fingerprint density at radius 2 is 2.44 bits per heavy atom. The second-order valence-corrected chi connectivity index (χ2v) is 3.61. The van der Waals surface area contributed by atoms with Gasteiger partial charge in [0.1, 0.15) is 5.82 Å². The van der Waals surface area contributed by atoms with Crippen LogP contribution in [0.4, 0.5) is 5.82 Å². The molecule has 1 saturated heterocycles. The summed E-state index contributed by atoms with van der Waals surface area (Å²) in [6.07, 6.45) is 5.02. The maximum absolute atomic E-state index is 10.5. The van der Waals surface area contributed by atoms with Crippen LogP contribution in [0.3, 0.4) is 0 Å². The van der Waals surface area contributed by atoms with Crippen molar-refractivity contribution in [2.75, 3.05) is 18.5 Å². The van der Waals surface area contributed by atoms with Crippen LogP contribution in [0.5, 0.6) is 0 Å². The van der Waals surface area contributed by atoms with Crippen molar-refractivity contribution >= 4 is 11.8 Å². The first-order valence-electron chi connectivity index (χ1n) is 5.16. The summed E-state index contributed by atoms with van der Waals surface area (Å²) in [6.45, 7) is 1.50. The van der Waals surface area contributed by atoms with E-state index in [2.05, 4.69) is 15.3 Å². The van der Waals surface area contributed by atoms with Gasteiger partial charge in [-0.3, -0.25) is 0 Å². The molecule has 1 atom stereocenters. The predicted octanol–water partition coefficient (Wildman–Crippen LogP) is 0.766. The molecule has 0 bridgehead atoms. The molecule has 0 radical (unpaired) electrons. The van der Waals surface area contributed by atoms with Crippen molar-refractivity contribution in [2.24, 2.45) is 0 Å². The van der Waals surface area contributed by atoms with E-state index in [1.165, 1.54) is 12.4 Å². The van der Waals surface area contributed by atoms with Gasteiger partial charge >= 0.3 is 5.97 Å². The van der Waals surface area contributed by atoms with Crippen molar-refractivity contribution in [1.29, 1.82) is 0 Å². The molecule has 1 aromatic rings. The molecule has 6 nitrogen and oxygen atoms in total. The monoisotopic (exact) mass is 223 g/mol. The van der Waals surface area contributed by atoms with Gasteiger partial charge in [-0.05, 0) is 12.8 Å². The molecule has 1 aliphatic rings. The van der Waals surface area contributed by atoms with Gasteiger partial charge in [-0.25, -0.2) is 14.8 Å². The Morgan fingerprint density at radius 3 is 3.00 bits per heavy atom. The average molecular weight is 223 g/mol. The number of carboxylic acids is 1. The highest BCUT2D eigenvalue weighted by atomic mass is 16.5. The highest BCUT2D eigenvalue weighted by Gasteiger charge is 2.15. The van der Waals surface area contributed by atoms with Crippen molar-refractivity contribution in [3.63, 3.8) is 0 Å². The highest BCUT2D eigenvalue weighted by Crippen LogP contribution is 2.12. The first kappa shape index (κ1) is 10.8. The van der Waals surface area contributed by atoms with E-state index in [-0.39, 0.29) is 11.8 Å². The van der Waals surface area contributed by atoms with Crippen LogP contribution >= 0.6 is 0 Å². The van der Waals surface area contributed by atoms with Crippen LogP contribution in [0.15, 0.2) is 12.4 Å². The number of carboxylic acid groups (broad SMARTS) is 1. The molecular formula is C10H13N3O3. The lowest BCUT2D eigenvalue weighted by molar-refractivity contribution is 0.0690. The summed E-state index contributed by atoms with van der Waals surface area (Å²) in [4.78, 5) is 18.2. The Balaban J connectivity index is 1.87. The second-order valence-electron chi connectivity index (χ2n) is 3.61. The molecule has 86 valence electrons. The molecule has 6 heteroatoms. The molecule has 2 heterocycles. The summed E-state index contributed by atoms with van der Waals surface area (Å²) in [5.74, 6) is -0.501. The van der Waals surface area contributed by atoms with E-state index in [9.17, 15) is 4.79 Å². The van der Waals surface area contributed by atoms with Gasteiger partial charge in [-0.2, -0.15) is 0 Å². The molecule has 0 aliphatic carbocycles. The van der Waals surface area contributed by atoms with Crippen molar-refractivity contribution in [3.8, 4) is 0 Å². The third kappa shape index (κ3) is 2.66. The van der Waals surface area contributed by atoms with E-state index >= 15 is 0 Å². The number of aromatic carboxylic acids is 1. The van der Waals surface area contributed by atoms with Crippen LogP contribution in [0, 0.1) is 0 Å². The minimum atomic E-state index is -1.07. The summed E-state index contributed by atoms with van der Waals surface area (Å²) >= 11 is 0. The number of nitrogens with one attached hydrogen (secondary N) is 1. The number of aromatic nitrogens is 2. The number of hydrogen-bond donors (Lipinski definition) is 2. The van der Waals surface area contributed by atoms with Gasteiger partial charge < -0.3 is 15.2 Å². The smallest absolute Gasteiger partial charge is 0.356 e. The lowest BCUT2D eigenvalue weighted by Gasteiger charge is -2.10. The topological polar surface area (TPSA) is 84.3 Å². The third-order valence-electron chi connectivity index (χ3n) is 2.41. The van der Waals surface area contributed by atoms with E-state index in [1.807, 2.05) is 0 Å². The molecule has 1 aromatic heterocycles. The van der Waals surface area contributed by atoms with E-state index in [1.54, 1.807) is 0 Å². The number of anilines is 1. The SMILES string of the molecule is O=C(O)c1cnc(NCC2CCCO2)cn1. The van der Waals surface area contributed by atoms with Gasteiger partial charge in [0.2, 0.25) is 0 Å². The van der Waals surface area contributed by atoms with Gasteiger partial charge in [0.05, 0.1) is 18.5 Å². The van der Waals surface area contributed by atoms with Crippen LogP contribution in [0.25, 0.3) is 0 Å². The fraction of sp³-hybridized carbons (Fsp3) is 0.500. The summed E-state index contributed by atoms with van der Waals surface area (Å²) in [7, 11) is 0. The van der Waals surface area contributed by atoms with Gasteiger partial charge in [0.25, 0.3) is 0 Å². The van der Waals surface area contributed by atoms with E-state index < -0.39 is 5.97 Å². The van der Waals surface area contributed by atoms with Crippen molar-refractivity contribution in [1.82, 2.24) is 9.97 Å².